The molecule has 182 valence electrons. The molecule has 1 N–H and O–H groups in total. The fourth-order valence-corrected chi connectivity index (χ4v) is 5.84. The van der Waals surface area contributed by atoms with Gasteiger partial charge in [0.2, 0.25) is 15.6 Å². The Morgan fingerprint density at radius 1 is 1.12 bits per heavy atom. The number of nitrogens with one attached hydrogen (secondary N) is 1. The fraction of sp³-hybridized carbons (Fsp3) is 0.364. The number of nitrogens with zero attached hydrogens (tertiary/aromatic N) is 1. The van der Waals surface area contributed by atoms with Gasteiger partial charge in [-0.15, -0.1) is 0 Å². The molecule has 12 heteroatoms. The van der Waals surface area contributed by atoms with E-state index in [-0.39, 0.29) is 29.3 Å². The van der Waals surface area contributed by atoms with E-state index >= 15 is 0 Å². The molecule has 1 aromatic carbocycles. The second-order valence-electron chi connectivity index (χ2n) is 9.04. The molecule has 0 fully saturated rings. The largest absolute Gasteiger partial charge is 0.467 e. The standard InChI is InChI=1S/C22H20ClF3N2O5S/c1-20(2)10-16-18(17(29)11-20)21(22(24,25)26,19(30)28(16)12-14-4-3-9-33-14)27-34(31,32)15-7-5-13(23)6-8-15/h3-9,27H,10-12H2,1-2H3. The van der Waals surface area contributed by atoms with Crippen molar-refractivity contribution in [2.75, 3.05) is 0 Å². The zero-order valence-electron chi connectivity index (χ0n) is 18.1. The summed E-state index contributed by atoms with van der Waals surface area (Å²) in [6.07, 6.45) is -4.49. The van der Waals surface area contributed by atoms with Crippen LogP contribution in [0.3, 0.4) is 0 Å². The Bertz CT molecular complexity index is 1280. The van der Waals surface area contributed by atoms with Gasteiger partial charge in [-0.1, -0.05) is 25.4 Å². The van der Waals surface area contributed by atoms with Crippen molar-refractivity contribution in [2.45, 2.75) is 49.8 Å². The number of carbonyl (C=O) groups excluding carboxylic acids is 2. The molecule has 0 saturated heterocycles. The molecular formula is C22H20ClF3N2O5S. The summed E-state index contributed by atoms with van der Waals surface area (Å²) in [4.78, 5) is 26.9. The Hall–Kier alpha value is -2.63. The van der Waals surface area contributed by atoms with Gasteiger partial charge >= 0.3 is 6.18 Å². The summed E-state index contributed by atoms with van der Waals surface area (Å²) < 4.78 is 77.2. The van der Waals surface area contributed by atoms with Gasteiger partial charge in [-0.25, -0.2) is 8.42 Å². The number of allylic oxidation sites excluding steroid dienone is 1. The average molecular weight is 517 g/mol. The number of carbonyl (C=O) groups is 2. The van der Waals surface area contributed by atoms with E-state index in [2.05, 4.69) is 0 Å². The van der Waals surface area contributed by atoms with Crippen LogP contribution >= 0.6 is 11.6 Å². The zero-order valence-corrected chi connectivity index (χ0v) is 19.6. The number of halogens is 4. The summed E-state index contributed by atoms with van der Waals surface area (Å²) in [5, 5.41) is 0.167. The molecule has 1 aromatic heterocycles. The topological polar surface area (TPSA) is 96.7 Å². The van der Waals surface area contributed by atoms with Crippen molar-refractivity contribution in [3.63, 3.8) is 0 Å². The van der Waals surface area contributed by atoms with E-state index in [1.54, 1.807) is 18.6 Å². The SMILES string of the molecule is CC1(C)CC(=O)C2=C(C1)N(Cc1ccco1)C(=O)C2(NS(=O)(=O)c1ccc(Cl)cc1)C(F)(F)F. The van der Waals surface area contributed by atoms with Crippen molar-refractivity contribution in [1.82, 2.24) is 9.62 Å². The molecule has 7 nitrogen and oxygen atoms in total. The second-order valence-corrected chi connectivity index (χ2v) is 11.2. The molecule has 34 heavy (non-hydrogen) atoms. The molecule has 0 spiro atoms. The lowest BCUT2D eigenvalue weighted by molar-refractivity contribution is -0.189. The number of Topliss-reactive ketones (excluding diaryl/α,β-unsaturated/α-hetero) is 1. The van der Waals surface area contributed by atoms with Gasteiger partial charge in [0, 0.05) is 17.1 Å². The van der Waals surface area contributed by atoms with Crippen molar-refractivity contribution in [3.8, 4) is 0 Å². The highest BCUT2D eigenvalue weighted by molar-refractivity contribution is 7.89. The van der Waals surface area contributed by atoms with Crippen LogP contribution in [0.2, 0.25) is 5.02 Å². The lowest BCUT2D eigenvalue weighted by atomic mass is 9.72. The summed E-state index contributed by atoms with van der Waals surface area (Å²) in [7, 11) is -4.91. The van der Waals surface area contributed by atoms with Crippen LogP contribution in [0, 0.1) is 5.41 Å². The molecule has 1 aliphatic heterocycles. The van der Waals surface area contributed by atoms with Crippen molar-refractivity contribution in [3.05, 3.63) is 64.7 Å². The Kier molecular flexibility index (Phi) is 5.73. The number of benzene rings is 1. The highest BCUT2D eigenvalue weighted by atomic mass is 35.5. The van der Waals surface area contributed by atoms with Crippen LogP contribution in [0.4, 0.5) is 13.2 Å². The summed E-state index contributed by atoms with van der Waals surface area (Å²) >= 11 is 5.76. The summed E-state index contributed by atoms with van der Waals surface area (Å²) in [5.74, 6) is -2.38. The Morgan fingerprint density at radius 3 is 2.32 bits per heavy atom. The predicted molar refractivity (Wildman–Crippen MR) is 115 cm³/mol. The number of hydrogen-bond acceptors (Lipinski definition) is 5. The number of ketones is 1. The number of furan rings is 1. The Morgan fingerprint density at radius 2 is 1.76 bits per heavy atom. The van der Waals surface area contributed by atoms with E-state index in [9.17, 15) is 31.2 Å². The third kappa shape index (κ3) is 3.95. The van der Waals surface area contributed by atoms with Gasteiger partial charge in [-0.05, 0) is 48.2 Å². The molecule has 2 heterocycles. The van der Waals surface area contributed by atoms with E-state index in [1.165, 1.54) is 30.5 Å². The Labute approximate surface area is 198 Å². The predicted octanol–water partition coefficient (Wildman–Crippen LogP) is 4.20. The minimum Gasteiger partial charge on any atom is -0.467 e. The maximum atomic E-state index is 14.8. The van der Waals surface area contributed by atoms with E-state index in [1.807, 2.05) is 0 Å². The molecular weight excluding hydrogens is 497 g/mol. The van der Waals surface area contributed by atoms with Gasteiger partial charge in [0.1, 0.15) is 5.76 Å². The zero-order chi connectivity index (χ0) is 25.1. The van der Waals surface area contributed by atoms with Crippen LogP contribution in [0.25, 0.3) is 0 Å². The van der Waals surface area contributed by atoms with Gasteiger partial charge in [0.25, 0.3) is 5.91 Å². The average Bonchev–Trinajstić information content (AvgIpc) is 3.28. The van der Waals surface area contributed by atoms with Gasteiger partial charge < -0.3 is 9.32 Å². The fourth-order valence-electron chi connectivity index (χ4n) is 4.39. The molecule has 2 aliphatic rings. The van der Waals surface area contributed by atoms with Crippen LogP contribution in [-0.4, -0.2) is 36.7 Å². The minimum absolute atomic E-state index is 0.0407. The van der Waals surface area contributed by atoms with Gasteiger partial charge in [0.15, 0.2) is 5.78 Å². The van der Waals surface area contributed by atoms with E-state index < -0.39 is 55.9 Å². The maximum Gasteiger partial charge on any atom is 0.421 e. The number of rotatable bonds is 5. The number of sulfonamides is 1. The number of hydrogen-bond donors (Lipinski definition) is 1. The highest BCUT2D eigenvalue weighted by Crippen LogP contribution is 2.52. The first-order valence-electron chi connectivity index (χ1n) is 10.2. The van der Waals surface area contributed by atoms with Crippen LogP contribution in [0.15, 0.2) is 63.2 Å². The van der Waals surface area contributed by atoms with Crippen LogP contribution in [0.1, 0.15) is 32.4 Å². The van der Waals surface area contributed by atoms with E-state index in [0.29, 0.717) is 0 Å². The van der Waals surface area contributed by atoms with Crippen molar-refractivity contribution < 1.29 is 35.6 Å². The maximum absolute atomic E-state index is 14.8. The summed E-state index contributed by atoms with van der Waals surface area (Å²) in [6, 6.07) is 7.37. The first-order valence-corrected chi connectivity index (χ1v) is 12.0. The molecule has 1 amide bonds. The normalized spacial score (nSPS) is 22.9. The van der Waals surface area contributed by atoms with Crippen molar-refractivity contribution in [1.29, 1.82) is 0 Å². The smallest absolute Gasteiger partial charge is 0.421 e. The third-order valence-corrected chi connectivity index (χ3v) is 7.57. The molecule has 2 aromatic rings. The molecule has 1 atom stereocenters. The minimum atomic E-state index is -5.46. The van der Waals surface area contributed by atoms with Gasteiger partial charge in [-0.3, -0.25) is 9.59 Å². The lowest BCUT2D eigenvalue weighted by Crippen LogP contribution is -2.66. The van der Waals surface area contributed by atoms with Gasteiger partial charge in [0.05, 0.1) is 23.3 Å². The van der Waals surface area contributed by atoms with Crippen molar-refractivity contribution in [2.24, 2.45) is 5.41 Å². The first-order chi connectivity index (χ1) is 15.7. The van der Waals surface area contributed by atoms with Crippen LogP contribution in [-0.2, 0) is 26.2 Å². The highest BCUT2D eigenvalue weighted by Gasteiger charge is 2.72. The molecule has 0 radical (unpaired) electrons. The summed E-state index contributed by atoms with van der Waals surface area (Å²) in [5.41, 5.74) is -5.58. The first kappa shape index (κ1) is 24.5. The third-order valence-electron chi connectivity index (χ3n) is 5.85. The van der Waals surface area contributed by atoms with Gasteiger partial charge in [-0.2, -0.15) is 17.9 Å². The summed E-state index contributed by atoms with van der Waals surface area (Å²) in [6.45, 7) is 2.99. The monoisotopic (exact) mass is 516 g/mol. The van der Waals surface area contributed by atoms with Crippen LogP contribution in [0.5, 0.6) is 0 Å². The molecule has 0 bridgehead atoms. The van der Waals surface area contributed by atoms with Crippen molar-refractivity contribution >= 4 is 33.3 Å². The second kappa shape index (κ2) is 7.96. The van der Waals surface area contributed by atoms with E-state index in [4.69, 9.17) is 16.0 Å². The number of alkyl halides is 3. The Balaban J connectivity index is 1.92. The molecule has 0 saturated carbocycles. The quantitative estimate of drug-likeness (QED) is 0.642. The van der Waals surface area contributed by atoms with Crippen LogP contribution < -0.4 is 4.72 Å². The van der Waals surface area contributed by atoms with E-state index in [0.717, 1.165) is 17.0 Å². The number of amides is 1. The molecule has 1 unspecified atom stereocenters. The lowest BCUT2D eigenvalue weighted by Gasteiger charge is -2.35. The molecule has 4 rings (SSSR count). The molecule has 1 aliphatic carbocycles.